The smallest absolute Gasteiger partial charge is 0.239 e. The molecule has 2 aromatic carbocycles. The number of carbonyl (C=O) groups is 3. The number of rotatable bonds is 4. The number of likely N-dealkylation sites (tertiary alicyclic amines) is 1. The van der Waals surface area contributed by atoms with Gasteiger partial charge in [0.15, 0.2) is 0 Å². The van der Waals surface area contributed by atoms with Gasteiger partial charge in [-0.3, -0.25) is 14.4 Å². The normalized spacial score (nSPS) is 21.0. The van der Waals surface area contributed by atoms with Crippen molar-refractivity contribution >= 4 is 17.7 Å². The first kappa shape index (κ1) is 27.6. The summed E-state index contributed by atoms with van der Waals surface area (Å²) in [6.07, 6.45) is 1.85. The number of nitrogens with one attached hydrogen (secondary N) is 1. The Labute approximate surface area is 223 Å². The number of aliphatic hydroxyl groups excluding tert-OH is 1. The average Bonchev–Trinajstić information content (AvgIpc) is 2.93. The van der Waals surface area contributed by atoms with Gasteiger partial charge < -0.3 is 29.7 Å². The van der Waals surface area contributed by atoms with E-state index in [1.165, 1.54) is 4.90 Å². The van der Waals surface area contributed by atoms with Crippen LogP contribution in [0.2, 0.25) is 0 Å². The molecule has 0 spiro atoms. The Kier molecular flexibility index (Phi) is 9.73. The Hall–Kier alpha value is -3.43. The second-order valence-electron chi connectivity index (χ2n) is 9.79. The van der Waals surface area contributed by atoms with Crippen LogP contribution in [-0.4, -0.2) is 77.6 Å². The number of nitrogens with zero attached hydrogens (tertiary/aromatic N) is 2. The molecular weight excluding hydrogens is 486 g/mol. The summed E-state index contributed by atoms with van der Waals surface area (Å²) >= 11 is 0. The fraction of sp³-hybridized carbons (Fsp3) is 0.483. The van der Waals surface area contributed by atoms with Crippen LogP contribution in [0.4, 0.5) is 0 Å². The van der Waals surface area contributed by atoms with E-state index in [1.807, 2.05) is 55.5 Å². The topological polar surface area (TPSA) is 108 Å². The fourth-order valence-corrected chi connectivity index (χ4v) is 4.87. The lowest BCUT2D eigenvalue weighted by Crippen LogP contribution is -2.58. The molecule has 1 fully saturated rings. The molecule has 0 aromatic heterocycles. The molecular formula is C29H37N3O6. The molecule has 2 aromatic rings. The highest BCUT2D eigenvalue weighted by molar-refractivity contribution is 5.85. The molecule has 3 amide bonds. The van der Waals surface area contributed by atoms with E-state index in [-0.39, 0.29) is 49.9 Å². The first-order valence-electron chi connectivity index (χ1n) is 13.4. The molecule has 3 heterocycles. The maximum absolute atomic E-state index is 13.1. The highest BCUT2D eigenvalue weighted by Gasteiger charge is 2.33. The van der Waals surface area contributed by atoms with Gasteiger partial charge in [-0.1, -0.05) is 31.2 Å². The van der Waals surface area contributed by atoms with Gasteiger partial charge >= 0.3 is 0 Å². The third-order valence-electron chi connectivity index (χ3n) is 6.97. The van der Waals surface area contributed by atoms with Crippen LogP contribution in [0.15, 0.2) is 48.5 Å². The lowest BCUT2D eigenvalue weighted by molar-refractivity contribution is -0.139. The summed E-state index contributed by atoms with van der Waals surface area (Å²) in [5.74, 6) is 0.966. The summed E-state index contributed by atoms with van der Waals surface area (Å²) in [6, 6.07) is 14.9. The van der Waals surface area contributed by atoms with Crippen LogP contribution in [0.3, 0.4) is 0 Å². The maximum Gasteiger partial charge on any atom is 0.239 e. The quantitative estimate of drug-likeness (QED) is 0.638. The van der Waals surface area contributed by atoms with Crippen molar-refractivity contribution in [2.75, 3.05) is 32.8 Å². The first-order chi connectivity index (χ1) is 18.4. The standard InChI is InChI=1S/C29H37N3O6/c1-2-28(35)32-15-13-26-25(18-32)30-27(34)19-31(14-4-16-33)29(36)12-9-21-7-10-23(11-8-21)38-24-6-3-5-22(17-24)20-37-26/h3,5-8,10-11,17,25-26,33H,2,4,9,12-16,18-20H2,1H3,(H,30,34)/t25-,26-/m0/s1. The van der Waals surface area contributed by atoms with E-state index in [1.54, 1.807) is 4.90 Å². The monoisotopic (exact) mass is 523 g/mol. The van der Waals surface area contributed by atoms with Gasteiger partial charge in [0, 0.05) is 39.1 Å². The number of amides is 3. The number of benzene rings is 2. The van der Waals surface area contributed by atoms with E-state index in [0.717, 1.165) is 11.1 Å². The molecule has 204 valence electrons. The number of aryl methyl sites for hydroxylation is 1. The molecule has 1 saturated heterocycles. The average molecular weight is 524 g/mol. The first-order valence-corrected chi connectivity index (χ1v) is 13.4. The molecule has 0 saturated carbocycles. The predicted molar refractivity (Wildman–Crippen MR) is 142 cm³/mol. The van der Waals surface area contributed by atoms with Crippen LogP contribution >= 0.6 is 0 Å². The molecule has 5 rings (SSSR count). The second-order valence-corrected chi connectivity index (χ2v) is 9.79. The van der Waals surface area contributed by atoms with Crippen molar-refractivity contribution in [3.05, 3.63) is 59.7 Å². The van der Waals surface area contributed by atoms with Crippen molar-refractivity contribution in [2.24, 2.45) is 0 Å². The van der Waals surface area contributed by atoms with Gasteiger partial charge in [-0.15, -0.1) is 0 Å². The molecule has 38 heavy (non-hydrogen) atoms. The minimum atomic E-state index is -0.404. The Balaban J connectivity index is 1.58. The van der Waals surface area contributed by atoms with Gasteiger partial charge in [0.05, 0.1) is 25.3 Å². The van der Waals surface area contributed by atoms with Gasteiger partial charge in [-0.25, -0.2) is 0 Å². The SMILES string of the molecule is CCC(=O)N1CC[C@@H]2OCc3cccc(c3)Oc3ccc(cc3)CCC(=O)N(CCCO)CC(=O)N[C@H]2C1. The fourth-order valence-electron chi connectivity index (χ4n) is 4.87. The van der Waals surface area contributed by atoms with Crippen LogP contribution in [-0.2, 0) is 32.1 Å². The van der Waals surface area contributed by atoms with Crippen molar-refractivity contribution in [1.29, 1.82) is 0 Å². The Morgan fingerprint density at radius 1 is 1.08 bits per heavy atom. The van der Waals surface area contributed by atoms with Gasteiger partial charge in [-0.05, 0) is 54.7 Å². The summed E-state index contributed by atoms with van der Waals surface area (Å²) in [6.45, 7) is 3.17. The molecule has 0 aliphatic carbocycles. The van der Waals surface area contributed by atoms with Gasteiger partial charge in [0.1, 0.15) is 11.5 Å². The van der Waals surface area contributed by atoms with E-state index >= 15 is 0 Å². The highest BCUT2D eigenvalue weighted by Crippen LogP contribution is 2.25. The third-order valence-corrected chi connectivity index (χ3v) is 6.97. The van der Waals surface area contributed by atoms with Crippen LogP contribution in [0, 0.1) is 0 Å². The van der Waals surface area contributed by atoms with Crippen LogP contribution in [0.25, 0.3) is 0 Å². The predicted octanol–water partition coefficient (Wildman–Crippen LogP) is 2.65. The number of piperidine rings is 1. The van der Waals surface area contributed by atoms with E-state index in [2.05, 4.69) is 5.32 Å². The van der Waals surface area contributed by atoms with Crippen molar-refractivity contribution in [2.45, 2.75) is 57.8 Å². The van der Waals surface area contributed by atoms with E-state index in [0.29, 0.717) is 56.9 Å². The lowest BCUT2D eigenvalue weighted by atomic mass is 10.0. The molecule has 9 heteroatoms. The number of carbonyl (C=O) groups excluding carboxylic acids is 3. The Morgan fingerprint density at radius 3 is 2.66 bits per heavy atom. The lowest BCUT2D eigenvalue weighted by Gasteiger charge is -2.39. The van der Waals surface area contributed by atoms with Gasteiger partial charge in [-0.2, -0.15) is 0 Å². The zero-order valence-corrected chi connectivity index (χ0v) is 21.9. The number of hydrogen-bond acceptors (Lipinski definition) is 6. The molecule has 4 bridgehead atoms. The highest BCUT2D eigenvalue weighted by atomic mass is 16.5. The molecule has 0 radical (unpaired) electrons. The zero-order valence-electron chi connectivity index (χ0n) is 21.9. The summed E-state index contributed by atoms with van der Waals surface area (Å²) in [7, 11) is 0. The van der Waals surface area contributed by atoms with Crippen molar-refractivity contribution in [3.63, 3.8) is 0 Å². The van der Waals surface area contributed by atoms with Crippen molar-refractivity contribution in [3.8, 4) is 11.5 Å². The summed E-state index contributed by atoms with van der Waals surface area (Å²) in [5, 5.41) is 12.4. The molecule has 3 aliphatic heterocycles. The minimum Gasteiger partial charge on any atom is -0.457 e. The minimum absolute atomic E-state index is 0.0321. The van der Waals surface area contributed by atoms with Gasteiger partial charge in [0.2, 0.25) is 17.7 Å². The number of ether oxygens (including phenoxy) is 2. The second kappa shape index (κ2) is 13.4. The van der Waals surface area contributed by atoms with E-state index in [4.69, 9.17) is 9.47 Å². The Bertz CT molecular complexity index is 1110. The van der Waals surface area contributed by atoms with Crippen molar-refractivity contribution in [1.82, 2.24) is 15.1 Å². The summed E-state index contributed by atoms with van der Waals surface area (Å²) in [4.78, 5) is 41.8. The van der Waals surface area contributed by atoms with Crippen molar-refractivity contribution < 1.29 is 29.0 Å². The molecule has 0 unspecified atom stereocenters. The number of fused-ring (bicyclic) bond motifs is 9. The van der Waals surface area contributed by atoms with Gasteiger partial charge in [0.25, 0.3) is 0 Å². The van der Waals surface area contributed by atoms with E-state index < -0.39 is 6.04 Å². The summed E-state index contributed by atoms with van der Waals surface area (Å²) < 4.78 is 12.3. The van der Waals surface area contributed by atoms with Crippen LogP contribution < -0.4 is 10.1 Å². The maximum atomic E-state index is 13.1. The zero-order chi connectivity index (χ0) is 26.9. The summed E-state index contributed by atoms with van der Waals surface area (Å²) in [5.41, 5.74) is 1.93. The number of hydrogen-bond donors (Lipinski definition) is 2. The molecule has 2 atom stereocenters. The molecule has 2 N–H and O–H groups in total. The van der Waals surface area contributed by atoms with Crippen LogP contribution in [0.5, 0.6) is 11.5 Å². The Morgan fingerprint density at radius 2 is 1.89 bits per heavy atom. The number of aliphatic hydroxyl groups is 1. The van der Waals surface area contributed by atoms with Crippen LogP contribution in [0.1, 0.15) is 43.7 Å². The third kappa shape index (κ3) is 7.55. The van der Waals surface area contributed by atoms with E-state index in [9.17, 15) is 19.5 Å². The largest absolute Gasteiger partial charge is 0.457 e. The molecule has 3 aliphatic rings. The molecule has 9 nitrogen and oxygen atoms in total.